The summed E-state index contributed by atoms with van der Waals surface area (Å²) in [5.41, 5.74) is 8.86. The Morgan fingerprint density at radius 1 is 1.29 bits per heavy atom. The van der Waals surface area contributed by atoms with Crippen LogP contribution in [-0.2, 0) is 10.2 Å². The van der Waals surface area contributed by atoms with E-state index in [0.29, 0.717) is 18.9 Å². The van der Waals surface area contributed by atoms with Crippen molar-refractivity contribution < 1.29 is 4.79 Å². The number of rotatable bonds is 4. The van der Waals surface area contributed by atoms with E-state index >= 15 is 0 Å². The largest absolute Gasteiger partial charge is 0.340 e. The Labute approximate surface area is 128 Å². The zero-order valence-corrected chi connectivity index (χ0v) is 13.7. The minimum atomic E-state index is -0.0985. The Hall–Kier alpha value is -1.35. The van der Waals surface area contributed by atoms with Crippen LogP contribution in [0.4, 0.5) is 0 Å². The summed E-state index contributed by atoms with van der Waals surface area (Å²) in [5, 5.41) is 0. The van der Waals surface area contributed by atoms with E-state index < -0.39 is 0 Å². The molecule has 0 bridgehead atoms. The number of carbonyl (C=O) groups excluding carboxylic acids is 1. The lowest BCUT2D eigenvalue weighted by Gasteiger charge is -2.23. The summed E-state index contributed by atoms with van der Waals surface area (Å²) in [6, 6.07) is 8.40. The molecule has 0 radical (unpaired) electrons. The number of nitrogens with two attached hydrogens (primary N) is 1. The number of hydrogen-bond donors (Lipinski definition) is 1. The van der Waals surface area contributed by atoms with Crippen molar-refractivity contribution in [2.75, 3.05) is 13.1 Å². The van der Waals surface area contributed by atoms with Crippen LogP contribution in [0.15, 0.2) is 24.3 Å². The third-order valence-corrected chi connectivity index (χ3v) is 4.49. The standard InChI is InChI=1S/C18H28N2O/c1-5-13-10-17(21)20(11-13)12-16(19)14-6-8-15(9-7-14)18(2,3)4/h6-9,13,16H,5,10-12,19H2,1-4H3. The molecule has 21 heavy (non-hydrogen) atoms. The third-order valence-electron chi connectivity index (χ3n) is 4.49. The van der Waals surface area contributed by atoms with Crippen molar-refractivity contribution in [1.82, 2.24) is 4.90 Å². The molecule has 2 N–H and O–H groups in total. The van der Waals surface area contributed by atoms with Crippen molar-refractivity contribution in [2.24, 2.45) is 11.7 Å². The fourth-order valence-electron chi connectivity index (χ4n) is 2.88. The Kier molecular flexibility index (Phi) is 4.72. The van der Waals surface area contributed by atoms with Gasteiger partial charge in [-0.2, -0.15) is 0 Å². The lowest BCUT2D eigenvalue weighted by Crippen LogP contribution is -2.33. The summed E-state index contributed by atoms with van der Waals surface area (Å²) in [6.45, 7) is 10.3. The molecule has 1 amide bonds. The van der Waals surface area contributed by atoms with Crippen LogP contribution in [0.3, 0.4) is 0 Å². The lowest BCUT2D eigenvalue weighted by atomic mass is 9.86. The van der Waals surface area contributed by atoms with Crippen molar-refractivity contribution in [3.05, 3.63) is 35.4 Å². The van der Waals surface area contributed by atoms with Crippen LogP contribution in [0.5, 0.6) is 0 Å². The number of benzene rings is 1. The summed E-state index contributed by atoms with van der Waals surface area (Å²) in [6.07, 6.45) is 1.75. The third kappa shape index (κ3) is 3.85. The van der Waals surface area contributed by atoms with Gasteiger partial charge in [-0.3, -0.25) is 4.79 Å². The SMILES string of the molecule is CCC1CC(=O)N(CC(N)c2ccc(C(C)(C)C)cc2)C1. The first kappa shape index (κ1) is 16.0. The molecule has 3 nitrogen and oxygen atoms in total. The van der Waals surface area contributed by atoms with E-state index in [1.807, 2.05) is 4.90 Å². The molecular weight excluding hydrogens is 260 g/mol. The summed E-state index contributed by atoms with van der Waals surface area (Å²) >= 11 is 0. The van der Waals surface area contributed by atoms with Crippen molar-refractivity contribution in [3.8, 4) is 0 Å². The van der Waals surface area contributed by atoms with Gasteiger partial charge in [-0.05, 0) is 22.5 Å². The van der Waals surface area contributed by atoms with Gasteiger partial charge in [0, 0.05) is 25.6 Å². The number of carbonyl (C=O) groups is 1. The molecule has 1 heterocycles. The number of likely N-dealkylation sites (tertiary alicyclic amines) is 1. The van der Waals surface area contributed by atoms with Crippen LogP contribution < -0.4 is 5.73 Å². The highest BCUT2D eigenvalue weighted by Gasteiger charge is 2.29. The maximum absolute atomic E-state index is 12.0. The molecule has 3 heteroatoms. The number of nitrogens with zero attached hydrogens (tertiary/aromatic N) is 1. The van der Waals surface area contributed by atoms with Gasteiger partial charge in [0.1, 0.15) is 0 Å². The molecule has 1 aliphatic heterocycles. The maximum atomic E-state index is 12.0. The molecular formula is C18H28N2O. The fourth-order valence-corrected chi connectivity index (χ4v) is 2.88. The van der Waals surface area contributed by atoms with E-state index in [1.165, 1.54) is 5.56 Å². The quantitative estimate of drug-likeness (QED) is 0.924. The molecule has 0 spiro atoms. The highest BCUT2D eigenvalue weighted by molar-refractivity contribution is 5.78. The fraction of sp³-hybridized carbons (Fsp3) is 0.611. The zero-order chi connectivity index (χ0) is 15.6. The molecule has 1 saturated heterocycles. The van der Waals surface area contributed by atoms with E-state index in [0.717, 1.165) is 18.5 Å². The molecule has 1 aromatic carbocycles. The zero-order valence-electron chi connectivity index (χ0n) is 13.7. The number of amides is 1. The van der Waals surface area contributed by atoms with Gasteiger partial charge >= 0.3 is 0 Å². The van der Waals surface area contributed by atoms with Crippen molar-refractivity contribution in [2.45, 2.75) is 52.0 Å². The molecule has 1 aromatic rings. The molecule has 116 valence electrons. The molecule has 0 saturated carbocycles. The Morgan fingerprint density at radius 2 is 1.90 bits per heavy atom. The van der Waals surface area contributed by atoms with Gasteiger partial charge in [-0.1, -0.05) is 58.4 Å². The Bertz CT molecular complexity index is 487. The molecule has 0 aromatic heterocycles. The van der Waals surface area contributed by atoms with Crippen molar-refractivity contribution in [3.63, 3.8) is 0 Å². The van der Waals surface area contributed by atoms with Crippen LogP contribution in [0.2, 0.25) is 0 Å². The van der Waals surface area contributed by atoms with Gasteiger partial charge in [0.25, 0.3) is 0 Å². The smallest absolute Gasteiger partial charge is 0.222 e. The van der Waals surface area contributed by atoms with E-state index in [-0.39, 0.29) is 17.4 Å². The maximum Gasteiger partial charge on any atom is 0.222 e. The van der Waals surface area contributed by atoms with Crippen LogP contribution in [0.25, 0.3) is 0 Å². The van der Waals surface area contributed by atoms with E-state index in [9.17, 15) is 4.79 Å². The van der Waals surface area contributed by atoms with Crippen molar-refractivity contribution >= 4 is 5.91 Å². The predicted octanol–water partition coefficient (Wildman–Crippen LogP) is 3.24. The van der Waals surface area contributed by atoms with Crippen LogP contribution in [0, 0.1) is 5.92 Å². The second kappa shape index (κ2) is 6.18. The van der Waals surface area contributed by atoms with Crippen LogP contribution in [0.1, 0.15) is 57.7 Å². The second-order valence-electron chi connectivity index (χ2n) is 7.26. The molecule has 1 aliphatic rings. The molecule has 0 aliphatic carbocycles. The van der Waals surface area contributed by atoms with Gasteiger partial charge in [0.15, 0.2) is 0 Å². The van der Waals surface area contributed by atoms with Gasteiger partial charge in [0.2, 0.25) is 5.91 Å². The average Bonchev–Trinajstić information content (AvgIpc) is 2.78. The van der Waals surface area contributed by atoms with Gasteiger partial charge in [-0.25, -0.2) is 0 Å². The van der Waals surface area contributed by atoms with Crippen LogP contribution in [-0.4, -0.2) is 23.9 Å². The Balaban J connectivity index is 2.01. The second-order valence-corrected chi connectivity index (χ2v) is 7.26. The monoisotopic (exact) mass is 288 g/mol. The van der Waals surface area contributed by atoms with Gasteiger partial charge in [-0.15, -0.1) is 0 Å². The summed E-state index contributed by atoms with van der Waals surface area (Å²) in [4.78, 5) is 13.9. The van der Waals surface area contributed by atoms with Gasteiger partial charge < -0.3 is 10.6 Å². The predicted molar refractivity (Wildman–Crippen MR) is 87.0 cm³/mol. The van der Waals surface area contributed by atoms with E-state index in [1.54, 1.807) is 0 Å². The summed E-state index contributed by atoms with van der Waals surface area (Å²) < 4.78 is 0. The minimum absolute atomic E-state index is 0.0985. The van der Waals surface area contributed by atoms with E-state index in [2.05, 4.69) is 52.0 Å². The summed E-state index contributed by atoms with van der Waals surface area (Å²) in [5.74, 6) is 0.761. The van der Waals surface area contributed by atoms with E-state index in [4.69, 9.17) is 5.73 Å². The van der Waals surface area contributed by atoms with Gasteiger partial charge in [0.05, 0.1) is 0 Å². The minimum Gasteiger partial charge on any atom is -0.340 e. The molecule has 2 unspecified atom stereocenters. The van der Waals surface area contributed by atoms with Crippen LogP contribution >= 0.6 is 0 Å². The number of hydrogen-bond acceptors (Lipinski definition) is 2. The highest BCUT2D eigenvalue weighted by Crippen LogP contribution is 2.25. The van der Waals surface area contributed by atoms with Crippen molar-refractivity contribution in [1.29, 1.82) is 0 Å². The normalized spacial score (nSPS) is 20.9. The molecule has 2 rings (SSSR count). The molecule has 1 fully saturated rings. The topological polar surface area (TPSA) is 46.3 Å². The highest BCUT2D eigenvalue weighted by atomic mass is 16.2. The first-order chi connectivity index (χ1) is 9.81. The summed E-state index contributed by atoms with van der Waals surface area (Å²) in [7, 11) is 0. The average molecular weight is 288 g/mol. The lowest BCUT2D eigenvalue weighted by molar-refractivity contribution is -0.127. The first-order valence-electron chi connectivity index (χ1n) is 7.95. The molecule has 2 atom stereocenters. The Morgan fingerprint density at radius 3 is 2.38 bits per heavy atom. The first-order valence-corrected chi connectivity index (χ1v) is 7.95.